The predicted octanol–water partition coefficient (Wildman–Crippen LogP) is 3.87. The first-order valence-electron chi connectivity index (χ1n) is 10.9. The van der Waals surface area contributed by atoms with E-state index >= 15 is 0 Å². The molecule has 6 nitrogen and oxygen atoms in total. The molecule has 164 valence electrons. The highest BCUT2D eigenvalue weighted by atomic mass is 16.5. The molecule has 1 aromatic heterocycles. The first kappa shape index (κ1) is 21.2. The molecular weight excluding hydrogens is 390 g/mol. The van der Waals surface area contributed by atoms with Crippen LogP contribution < -0.4 is 9.47 Å². The van der Waals surface area contributed by atoms with E-state index in [0.29, 0.717) is 17.9 Å². The minimum atomic E-state index is -0.141. The number of amides is 1. The first-order valence-corrected chi connectivity index (χ1v) is 10.9. The normalized spacial score (nSPS) is 15.8. The Bertz CT molecular complexity index is 1040. The van der Waals surface area contributed by atoms with E-state index in [1.165, 1.54) is 0 Å². The number of piperazine rings is 1. The van der Waals surface area contributed by atoms with Crippen molar-refractivity contribution in [2.75, 3.05) is 46.9 Å². The molecule has 1 aliphatic rings. The topological polar surface area (TPSA) is 57.8 Å². The average Bonchev–Trinajstić information content (AvgIpc) is 3.25. The number of likely N-dealkylation sites (N-methyl/N-ethyl adjacent to an activating group) is 1. The van der Waals surface area contributed by atoms with Gasteiger partial charge in [0.25, 0.3) is 0 Å². The maximum Gasteiger partial charge on any atom is 0.223 e. The number of aromatic amines is 1. The standard InChI is InChI=1S/C25H31N3O3/c1-4-27-12-14-28(15-13-27)24(29)16-20(19-9-7-11-23(30-2)25(19)31-3)21-17-26-22-10-6-5-8-18(21)22/h5-11,17,20,26H,4,12-16H2,1-3H3/t20-/m1/s1. The van der Waals surface area contributed by atoms with E-state index in [4.69, 9.17) is 9.47 Å². The van der Waals surface area contributed by atoms with Crippen molar-refractivity contribution in [2.24, 2.45) is 0 Å². The van der Waals surface area contributed by atoms with E-state index in [-0.39, 0.29) is 11.8 Å². The van der Waals surface area contributed by atoms with Gasteiger partial charge in [-0.2, -0.15) is 0 Å². The molecule has 1 N–H and O–H groups in total. The fourth-order valence-electron chi connectivity index (χ4n) is 4.57. The van der Waals surface area contributed by atoms with Gasteiger partial charge in [-0.25, -0.2) is 0 Å². The van der Waals surface area contributed by atoms with E-state index in [1.807, 2.05) is 41.4 Å². The molecule has 6 heteroatoms. The van der Waals surface area contributed by atoms with Crippen LogP contribution in [0.4, 0.5) is 0 Å². The molecule has 1 saturated heterocycles. The SMILES string of the molecule is CCN1CCN(C(=O)C[C@H](c2cccc(OC)c2OC)c2c[nH]c3ccccc23)CC1. The number of fused-ring (bicyclic) bond motifs is 1. The maximum atomic E-state index is 13.4. The minimum Gasteiger partial charge on any atom is -0.493 e. The summed E-state index contributed by atoms with van der Waals surface area (Å²) in [5, 5.41) is 1.13. The van der Waals surface area contributed by atoms with Gasteiger partial charge in [0.2, 0.25) is 5.91 Å². The summed E-state index contributed by atoms with van der Waals surface area (Å²) in [7, 11) is 3.29. The van der Waals surface area contributed by atoms with Gasteiger partial charge in [-0.1, -0.05) is 37.3 Å². The largest absolute Gasteiger partial charge is 0.493 e. The monoisotopic (exact) mass is 421 g/mol. The predicted molar refractivity (Wildman–Crippen MR) is 123 cm³/mol. The molecule has 1 atom stereocenters. The number of benzene rings is 2. The fraction of sp³-hybridized carbons (Fsp3) is 0.400. The van der Waals surface area contributed by atoms with E-state index in [0.717, 1.165) is 54.8 Å². The van der Waals surface area contributed by atoms with Gasteiger partial charge in [-0.15, -0.1) is 0 Å². The van der Waals surface area contributed by atoms with Gasteiger partial charge in [-0.3, -0.25) is 4.79 Å². The third kappa shape index (κ3) is 4.26. The zero-order chi connectivity index (χ0) is 21.8. The van der Waals surface area contributed by atoms with E-state index in [1.54, 1.807) is 14.2 Å². The van der Waals surface area contributed by atoms with Crippen molar-refractivity contribution in [1.82, 2.24) is 14.8 Å². The molecule has 2 heterocycles. The number of carbonyl (C=O) groups is 1. The Labute approximate surface area is 183 Å². The number of methoxy groups -OCH3 is 2. The summed E-state index contributed by atoms with van der Waals surface area (Å²) in [5.41, 5.74) is 3.13. The lowest BCUT2D eigenvalue weighted by Gasteiger charge is -2.35. The summed E-state index contributed by atoms with van der Waals surface area (Å²) in [6, 6.07) is 14.1. The van der Waals surface area contributed by atoms with Crippen molar-refractivity contribution < 1.29 is 14.3 Å². The molecule has 1 fully saturated rings. The Balaban J connectivity index is 1.71. The summed E-state index contributed by atoms with van der Waals surface area (Å²) < 4.78 is 11.3. The summed E-state index contributed by atoms with van der Waals surface area (Å²) >= 11 is 0. The van der Waals surface area contributed by atoms with Gasteiger partial charge >= 0.3 is 0 Å². The number of rotatable bonds is 7. The Morgan fingerprint density at radius 2 is 1.77 bits per heavy atom. The van der Waals surface area contributed by atoms with Crippen LogP contribution in [-0.2, 0) is 4.79 Å². The van der Waals surface area contributed by atoms with Crippen molar-refractivity contribution in [1.29, 1.82) is 0 Å². The number of aromatic nitrogens is 1. The summed E-state index contributed by atoms with van der Waals surface area (Å²) in [5.74, 6) is 1.39. The van der Waals surface area contributed by atoms with Crippen LogP contribution in [0, 0.1) is 0 Å². The van der Waals surface area contributed by atoms with Crippen LogP contribution in [0.2, 0.25) is 0 Å². The second-order valence-corrected chi connectivity index (χ2v) is 7.94. The number of ether oxygens (including phenoxy) is 2. The summed E-state index contributed by atoms with van der Waals surface area (Å²) in [6.45, 7) is 6.62. The van der Waals surface area contributed by atoms with Gasteiger partial charge in [0.1, 0.15) is 0 Å². The fourth-order valence-corrected chi connectivity index (χ4v) is 4.57. The quantitative estimate of drug-likeness (QED) is 0.629. The highest BCUT2D eigenvalue weighted by molar-refractivity contribution is 5.86. The highest BCUT2D eigenvalue weighted by Crippen LogP contribution is 2.42. The Morgan fingerprint density at radius 3 is 2.48 bits per heavy atom. The molecule has 1 aliphatic heterocycles. The van der Waals surface area contributed by atoms with Crippen LogP contribution in [0.25, 0.3) is 10.9 Å². The molecule has 0 radical (unpaired) electrons. The van der Waals surface area contributed by atoms with Gasteiger partial charge in [0, 0.05) is 61.2 Å². The van der Waals surface area contributed by atoms with Crippen LogP contribution >= 0.6 is 0 Å². The third-order valence-corrected chi connectivity index (χ3v) is 6.36. The molecule has 2 aromatic carbocycles. The molecule has 0 bridgehead atoms. The van der Waals surface area contributed by atoms with Crippen molar-refractivity contribution in [3.63, 3.8) is 0 Å². The number of H-pyrrole nitrogens is 1. The van der Waals surface area contributed by atoms with Gasteiger partial charge < -0.3 is 24.3 Å². The number of nitrogens with zero attached hydrogens (tertiary/aromatic N) is 2. The van der Waals surface area contributed by atoms with Crippen molar-refractivity contribution in [3.05, 3.63) is 59.8 Å². The molecule has 4 rings (SSSR count). The van der Waals surface area contributed by atoms with Gasteiger partial charge in [0.05, 0.1) is 14.2 Å². The average molecular weight is 422 g/mol. The van der Waals surface area contributed by atoms with Crippen LogP contribution in [0.5, 0.6) is 11.5 Å². The van der Waals surface area contributed by atoms with Crippen molar-refractivity contribution in [3.8, 4) is 11.5 Å². The second kappa shape index (κ2) is 9.43. The zero-order valence-corrected chi connectivity index (χ0v) is 18.6. The number of carbonyl (C=O) groups excluding carboxylic acids is 1. The Morgan fingerprint density at radius 1 is 1.00 bits per heavy atom. The van der Waals surface area contributed by atoms with Crippen molar-refractivity contribution >= 4 is 16.8 Å². The van der Waals surface area contributed by atoms with E-state index < -0.39 is 0 Å². The third-order valence-electron chi connectivity index (χ3n) is 6.36. The van der Waals surface area contributed by atoms with Crippen LogP contribution in [-0.4, -0.2) is 67.6 Å². The van der Waals surface area contributed by atoms with Gasteiger partial charge in [0.15, 0.2) is 11.5 Å². The summed E-state index contributed by atoms with van der Waals surface area (Å²) in [4.78, 5) is 21.1. The van der Waals surface area contributed by atoms with Crippen LogP contribution in [0.1, 0.15) is 30.4 Å². The number of nitrogens with one attached hydrogen (secondary N) is 1. The molecular formula is C25H31N3O3. The van der Waals surface area contributed by atoms with Crippen LogP contribution in [0.3, 0.4) is 0 Å². The molecule has 0 spiro atoms. The molecule has 31 heavy (non-hydrogen) atoms. The van der Waals surface area contributed by atoms with Gasteiger partial charge in [-0.05, 0) is 24.2 Å². The number of para-hydroxylation sites is 2. The molecule has 0 aliphatic carbocycles. The van der Waals surface area contributed by atoms with E-state index in [9.17, 15) is 4.79 Å². The Hall–Kier alpha value is -2.99. The minimum absolute atomic E-state index is 0.141. The molecule has 0 unspecified atom stereocenters. The number of hydrogen-bond donors (Lipinski definition) is 1. The zero-order valence-electron chi connectivity index (χ0n) is 18.6. The van der Waals surface area contributed by atoms with Crippen LogP contribution in [0.15, 0.2) is 48.7 Å². The lowest BCUT2D eigenvalue weighted by atomic mass is 9.87. The highest BCUT2D eigenvalue weighted by Gasteiger charge is 2.29. The lowest BCUT2D eigenvalue weighted by Crippen LogP contribution is -2.48. The lowest BCUT2D eigenvalue weighted by molar-refractivity contribution is -0.133. The maximum absolute atomic E-state index is 13.4. The smallest absolute Gasteiger partial charge is 0.223 e. The van der Waals surface area contributed by atoms with Crippen molar-refractivity contribution in [2.45, 2.75) is 19.3 Å². The van der Waals surface area contributed by atoms with E-state index in [2.05, 4.69) is 28.9 Å². The number of hydrogen-bond acceptors (Lipinski definition) is 4. The first-order chi connectivity index (χ1) is 15.2. The molecule has 0 saturated carbocycles. The molecule has 3 aromatic rings. The second-order valence-electron chi connectivity index (χ2n) is 7.94. The summed E-state index contributed by atoms with van der Waals surface area (Å²) in [6.07, 6.45) is 2.41. The Kier molecular flexibility index (Phi) is 6.47. The molecule has 1 amide bonds.